The number of aromatic nitrogens is 2. The van der Waals surface area contributed by atoms with Gasteiger partial charge in [0.05, 0.1) is 12.7 Å². The summed E-state index contributed by atoms with van der Waals surface area (Å²) in [7, 11) is 1.54. The zero-order chi connectivity index (χ0) is 18.2. The smallest absolute Gasteiger partial charge is 0.261 e. The van der Waals surface area contributed by atoms with E-state index in [9.17, 15) is 4.79 Å². The molecule has 3 rings (SSSR count). The van der Waals surface area contributed by atoms with E-state index in [4.69, 9.17) is 4.74 Å². The van der Waals surface area contributed by atoms with E-state index in [0.717, 1.165) is 15.7 Å². The Kier molecular flexibility index (Phi) is 6.40. The number of amides is 1. The maximum atomic E-state index is 12.4. The zero-order valence-electron chi connectivity index (χ0n) is 14.1. The Labute approximate surface area is 160 Å². The molecule has 1 heterocycles. The lowest BCUT2D eigenvalue weighted by molar-refractivity contribution is 0.102. The topological polar surface area (TPSA) is 64.1 Å². The molecule has 1 aromatic heterocycles. The molecule has 0 unspecified atom stereocenters. The molecule has 26 heavy (non-hydrogen) atoms. The fourth-order valence-corrected chi connectivity index (χ4v) is 3.77. The van der Waals surface area contributed by atoms with Gasteiger partial charge in [-0.15, -0.1) is 10.2 Å². The SMILES string of the molecule is COc1ccccc1C(=O)Nc1nnc(SC/C=C/c2ccccc2)s1. The monoisotopic (exact) mass is 383 g/mol. The first-order chi connectivity index (χ1) is 12.8. The van der Waals surface area contributed by atoms with Gasteiger partial charge in [-0.25, -0.2) is 0 Å². The molecule has 0 bridgehead atoms. The van der Waals surface area contributed by atoms with E-state index in [1.807, 2.05) is 24.3 Å². The number of para-hydroxylation sites is 1. The average molecular weight is 383 g/mol. The van der Waals surface area contributed by atoms with Crippen molar-refractivity contribution < 1.29 is 9.53 Å². The highest BCUT2D eigenvalue weighted by molar-refractivity contribution is 8.01. The van der Waals surface area contributed by atoms with E-state index in [1.54, 1.807) is 30.0 Å². The van der Waals surface area contributed by atoms with Gasteiger partial charge in [-0.05, 0) is 17.7 Å². The standard InChI is InChI=1S/C19H17N3O2S2/c1-24-16-12-6-5-11-15(16)17(23)20-18-21-22-19(26-18)25-13-7-10-14-8-3-2-4-9-14/h2-12H,13H2,1H3,(H,20,21,23)/b10-7+. The van der Waals surface area contributed by atoms with Crippen molar-refractivity contribution in [3.05, 3.63) is 71.8 Å². The summed E-state index contributed by atoms with van der Waals surface area (Å²) in [5.74, 6) is 1.04. The third-order valence-corrected chi connectivity index (χ3v) is 5.32. The molecule has 0 aliphatic carbocycles. The summed E-state index contributed by atoms with van der Waals surface area (Å²) in [5.41, 5.74) is 1.63. The maximum Gasteiger partial charge on any atom is 0.261 e. The lowest BCUT2D eigenvalue weighted by Crippen LogP contribution is -2.12. The summed E-state index contributed by atoms with van der Waals surface area (Å²) in [6, 6.07) is 17.2. The Balaban J connectivity index is 1.54. The number of hydrogen-bond acceptors (Lipinski definition) is 6. The first kappa shape index (κ1) is 18.2. The van der Waals surface area contributed by atoms with Crippen molar-refractivity contribution in [1.82, 2.24) is 10.2 Å². The Morgan fingerprint density at radius 1 is 1.15 bits per heavy atom. The third kappa shape index (κ3) is 4.93. The quantitative estimate of drug-likeness (QED) is 0.477. The van der Waals surface area contributed by atoms with E-state index in [1.165, 1.54) is 18.4 Å². The van der Waals surface area contributed by atoms with Gasteiger partial charge in [0, 0.05) is 5.75 Å². The molecule has 7 heteroatoms. The van der Waals surface area contributed by atoms with E-state index in [2.05, 4.69) is 39.8 Å². The highest BCUT2D eigenvalue weighted by Crippen LogP contribution is 2.27. The second-order valence-electron chi connectivity index (χ2n) is 5.15. The van der Waals surface area contributed by atoms with Crippen LogP contribution < -0.4 is 10.1 Å². The zero-order valence-corrected chi connectivity index (χ0v) is 15.7. The predicted molar refractivity (Wildman–Crippen MR) is 107 cm³/mol. The number of nitrogens with one attached hydrogen (secondary N) is 1. The first-order valence-corrected chi connectivity index (χ1v) is 9.69. The van der Waals surface area contributed by atoms with Crippen LogP contribution in [0.15, 0.2) is 65.0 Å². The molecule has 0 radical (unpaired) electrons. The van der Waals surface area contributed by atoms with Crippen LogP contribution in [0.5, 0.6) is 5.75 Å². The number of methoxy groups -OCH3 is 1. The molecule has 1 amide bonds. The molecule has 0 saturated heterocycles. The van der Waals surface area contributed by atoms with Crippen LogP contribution in [-0.2, 0) is 0 Å². The van der Waals surface area contributed by atoms with Gasteiger partial charge >= 0.3 is 0 Å². The van der Waals surface area contributed by atoms with Crippen molar-refractivity contribution in [3.8, 4) is 5.75 Å². The number of thioether (sulfide) groups is 1. The van der Waals surface area contributed by atoms with E-state index in [-0.39, 0.29) is 5.91 Å². The molecule has 0 aliphatic heterocycles. The van der Waals surface area contributed by atoms with Crippen LogP contribution in [0.1, 0.15) is 15.9 Å². The number of carbonyl (C=O) groups excluding carboxylic acids is 1. The second kappa shape index (κ2) is 9.17. The van der Waals surface area contributed by atoms with Crippen LogP contribution in [0.3, 0.4) is 0 Å². The van der Waals surface area contributed by atoms with Gasteiger partial charge in [0.25, 0.3) is 5.91 Å². The van der Waals surface area contributed by atoms with Crippen molar-refractivity contribution in [3.63, 3.8) is 0 Å². The van der Waals surface area contributed by atoms with Crippen LogP contribution >= 0.6 is 23.1 Å². The molecule has 2 aromatic carbocycles. The molecule has 0 spiro atoms. The van der Waals surface area contributed by atoms with Crippen molar-refractivity contribution in [1.29, 1.82) is 0 Å². The molecule has 3 aromatic rings. The predicted octanol–water partition coefficient (Wildman–Crippen LogP) is 4.60. The van der Waals surface area contributed by atoms with Gasteiger partial charge in [-0.1, -0.05) is 77.7 Å². The largest absolute Gasteiger partial charge is 0.496 e. The summed E-state index contributed by atoms with van der Waals surface area (Å²) in [6.07, 6.45) is 4.15. The number of ether oxygens (including phenoxy) is 1. The van der Waals surface area contributed by atoms with Gasteiger partial charge in [0.1, 0.15) is 5.75 Å². The Morgan fingerprint density at radius 3 is 2.73 bits per heavy atom. The molecule has 132 valence electrons. The highest BCUT2D eigenvalue weighted by Gasteiger charge is 2.14. The minimum absolute atomic E-state index is 0.265. The number of rotatable bonds is 7. The number of anilines is 1. The van der Waals surface area contributed by atoms with Crippen LogP contribution in [-0.4, -0.2) is 29.0 Å². The lowest BCUT2D eigenvalue weighted by atomic mass is 10.2. The number of hydrogen-bond donors (Lipinski definition) is 1. The van der Waals surface area contributed by atoms with Crippen molar-refractivity contribution in [2.45, 2.75) is 4.34 Å². The Morgan fingerprint density at radius 2 is 1.92 bits per heavy atom. The van der Waals surface area contributed by atoms with Gasteiger partial charge in [0.2, 0.25) is 5.13 Å². The molecular weight excluding hydrogens is 366 g/mol. The first-order valence-electron chi connectivity index (χ1n) is 7.88. The highest BCUT2D eigenvalue weighted by atomic mass is 32.2. The molecule has 5 nitrogen and oxygen atoms in total. The van der Waals surface area contributed by atoms with Crippen molar-refractivity contribution in [2.75, 3.05) is 18.2 Å². The summed E-state index contributed by atoms with van der Waals surface area (Å²) in [5, 5.41) is 11.4. The van der Waals surface area contributed by atoms with Crippen molar-refractivity contribution in [2.24, 2.45) is 0 Å². The van der Waals surface area contributed by atoms with Crippen molar-refractivity contribution >= 4 is 40.2 Å². The number of carbonyl (C=O) groups is 1. The molecule has 0 atom stereocenters. The summed E-state index contributed by atoms with van der Waals surface area (Å²) in [4.78, 5) is 12.4. The van der Waals surface area contributed by atoms with Gasteiger partial charge in [-0.2, -0.15) is 0 Å². The summed E-state index contributed by atoms with van der Waals surface area (Å²) in [6.45, 7) is 0. The number of nitrogens with zero attached hydrogens (tertiary/aromatic N) is 2. The van der Waals surface area contributed by atoms with Crippen LogP contribution in [0.2, 0.25) is 0 Å². The fourth-order valence-electron chi connectivity index (χ4n) is 2.18. The van der Waals surface area contributed by atoms with Gasteiger partial charge in [0.15, 0.2) is 4.34 Å². The Hall–Kier alpha value is -2.64. The second-order valence-corrected chi connectivity index (χ2v) is 7.40. The summed E-state index contributed by atoms with van der Waals surface area (Å²) >= 11 is 2.92. The van der Waals surface area contributed by atoms with Crippen LogP contribution in [0.25, 0.3) is 6.08 Å². The third-order valence-electron chi connectivity index (χ3n) is 3.39. The molecule has 0 aliphatic rings. The van der Waals surface area contributed by atoms with E-state index < -0.39 is 0 Å². The fraction of sp³-hybridized carbons (Fsp3) is 0.105. The average Bonchev–Trinajstić information content (AvgIpc) is 3.13. The minimum Gasteiger partial charge on any atom is -0.496 e. The summed E-state index contributed by atoms with van der Waals surface area (Å²) < 4.78 is 6.01. The van der Waals surface area contributed by atoms with E-state index >= 15 is 0 Å². The van der Waals surface area contributed by atoms with Gasteiger partial charge < -0.3 is 4.74 Å². The molecule has 0 saturated carbocycles. The van der Waals surface area contributed by atoms with Gasteiger partial charge in [-0.3, -0.25) is 10.1 Å². The van der Waals surface area contributed by atoms with Crippen LogP contribution in [0.4, 0.5) is 5.13 Å². The molecule has 1 N–H and O–H groups in total. The Bertz CT molecular complexity index is 895. The number of benzene rings is 2. The normalized spacial score (nSPS) is 10.8. The maximum absolute atomic E-state index is 12.4. The van der Waals surface area contributed by atoms with Crippen LogP contribution in [0, 0.1) is 0 Å². The van der Waals surface area contributed by atoms with E-state index in [0.29, 0.717) is 16.4 Å². The minimum atomic E-state index is -0.265. The molecular formula is C19H17N3O2S2. The molecule has 0 fully saturated rings. The lowest BCUT2D eigenvalue weighted by Gasteiger charge is -2.06.